The molecule has 10 nitrogen and oxygen atoms in total. The monoisotopic (exact) mass is 452 g/mol. The minimum atomic E-state index is -3.53. The zero-order valence-electron chi connectivity index (χ0n) is 17.3. The highest BCUT2D eigenvalue weighted by atomic mass is 32.2. The molecule has 2 aromatic heterocycles. The first-order chi connectivity index (χ1) is 15.4. The summed E-state index contributed by atoms with van der Waals surface area (Å²) in [6.45, 7) is -0.291. The van der Waals surface area contributed by atoms with E-state index in [0.717, 1.165) is 9.99 Å². The maximum Gasteiger partial charge on any atom is 0.262 e. The zero-order valence-corrected chi connectivity index (χ0v) is 18.2. The summed E-state index contributed by atoms with van der Waals surface area (Å²) in [7, 11) is -0.625. The molecule has 4 aromatic rings. The number of carbonyl (C=O) groups excluding carboxylic acids is 1. The summed E-state index contributed by atoms with van der Waals surface area (Å²) in [6.07, 6.45) is 2.93. The number of para-hydroxylation sites is 1. The first kappa shape index (κ1) is 21.4. The highest BCUT2D eigenvalue weighted by Crippen LogP contribution is 2.23. The van der Waals surface area contributed by atoms with Gasteiger partial charge in [0.25, 0.3) is 5.91 Å². The molecule has 0 unspecified atom stereocenters. The van der Waals surface area contributed by atoms with Crippen molar-refractivity contribution in [3.8, 4) is 11.6 Å². The third-order valence-corrected chi connectivity index (χ3v) is 6.42. The van der Waals surface area contributed by atoms with Crippen LogP contribution in [0.15, 0.2) is 72.0 Å². The second-order valence-corrected chi connectivity index (χ2v) is 9.11. The van der Waals surface area contributed by atoms with Crippen molar-refractivity contribution in [2.75, 3.05) is 26.0 Å². The molecule has 0 radical (unpaired) electrons. The summed E-state index contributed by atoms with van der Waals surface area (Å²) in [5.74, 6) is -0.185. The summed E-state index contributed by atoms with van der Waals surface area (Å²) >= 11 is 0. The standard InChI is InChI=1S/C21H20N6O4S/c1-26(2)32(29,30)17-10-8-15(9-11-17)25-19(28)13-31-21-18-12-24-27(20(18)22-14-23-21)16-6-4-3-5-7-16/h3-12,14H,13H2,1-2H3,(H,25,28). The Morgan fingerprint density at radius 1 is 1.06 bits per heavy atom. The molecule has 0 aliphatic heterocycles. The van der Waals surface area contributed by atoms with E-state index in [4.69, 9.17) is 4.74 Å². The molecule has 32 heavy (non-hydrogen) atoms. The van der Waals surface area contributed by atoms with Crippen LogP contribution in [0.2, 0.25) is 0 Å². The lowest BCUT2D eigenvalue weighted by Gasteiger charge is -2.12. The van der Waals surface area contributed by atoms with Crippen LogP contribution in [0.5, 0.6) is 5.88 Å². The Hall–Kier alpha value is -3.83. The lowest BCUT2D eigenvalue weighted by atomic mass is 10.3. The number of benzene rings is 2. The summed E-state index contributed by atoms with van der Waals surface area (Å²) in [4.78, 5) is 20.8. The van der Waals surface area contributed by atoms with E-state index in [9.17, 15) is 13.2 Å². The van der Waals surface area contributed by atoms with Crippen LogP contribution in [-0.4, -0.2) is 59.1 Å². The number of nitrogens with zero attached hydrogens (tertiary/aromatic N) is 5. The van der Waals surface area contributed by atoms with E-state index < -0.39 is 15.9 Å². The van der Waals surface area contributed by atoms with Gasteiger partial charge in [-0.05, 0) is 36.4 Å². The summed E-state index contributed by atoms with van der Waals surface area (Å²) < 4.78 is 32.6. The van der Waals surface area contributed by atoms with E-state index in [1.54, 1.807) is 10.9 Å². The van der Waals surface area contributed by atoms with Crippen molar-refractivity contribution in [2.24, 2.45) is 0 Å². The van der Waals surface area contributed by atoms with Crippen molar-refractivity contribution in [3.63, 3.8) is 0 Å². The Balaban J connectivity index is 1.44. The third kappa shape index (κ3) is 4.29. The third-order valence-electron chi connectivity index (χ3n) is 4.59. The van der Waals surface area contributed by atoms with Crippen LogP contribution >= 0.6 is 0 Å². The van der Waals surface area contributed by atoms with Crippen LogP contribution in [0.25, 0.3) is 16.7 Å². The molecule has 0 saturated heterocycles. The van der Waals surface area contributed by atoms with Crippen LogP contribution < -0.4 is 10.1 Å². The molecule has 0 atom stereocenters. The van der Waals surface area contributed by atoms with Gasteiger partial charge in [-0.15, -0.1) is 0 Å². The molecule has 2 heterocycles. The second kappa shape index (κ2) is 8.73. The maximum absolute atomic E-state index is 12.3. The zero-order chi connectivity index (χ0) is 22.7. The Bertz CT molecular complexity index is 1350. The van der Waals surface area contributed by atoms with E-state index in [0.29, 0.717) is 16.7 Å². The summed E-state index contributed by atoms with van der Waals surface area (Å²) in [6, 6.07) is 15.4. The lowest BCUT2D eigenvalue weighted by molar-refractivity contribution is -0.118. The fraction of sp³-hybridized carbons (Fsp3) is 0.143. The Morgan fingerprint density at radius 2 is 1.78 bits per heavy atom. The topological polar surface area (TPSA) is 119 Å². The number of carbonyl (C=O) groups is 1. The van der Waals surface area contributed by atoms with Gasteiger partial charge >= 0.3 is 0 Å². The van der Waals surface area contributed by atoms with Gasteiger partial charge in [-0.3, -0.25) is 4.79 Å². The first-order valence-electron chi connectivity index (χ1n) is 9.55. The van der Waals surface area contributed by atoms with Crippen molar-refractivity contribution >= 4 is 32.7 Å². The molecule has 2 aromatic carbocycles. The molecular weight excluding hydrogens is 432 g/mol. The first-order valence-corrected chi connectivity index (χ1v) is 11.0. The number of ether oxygens (including phenoxy) is 1. The van der Waals surface area contributed by atoms with Crippen molar-refractivity contribution in [2.45, 2.75) is 4.90 Å². The van der Waals surface area contributed by atoms with Gasteiger partial charge in [0.2, 0.25) is 15.9 Å². The van der Waals surface area contributed by atoms with Gasteiger partial charge in [0.15, 0.2) is 12.3 Å². The number of hydrogen-bond donors (Lipinski definition) is 1. The van der Waals surface area contributed by atoms with E-state index >= 15 is 0 Å². The summed E-state index contributed by atoms with van der Waals surface area (Å²) in [5.41, 5.74) is 1.84. The molecule has 11 heteroatoms. The van der Waals surface area contributed by atoms with E-state index in [2.05, 4.69) is 20.4 Å². The largest absolute Gasteiger partial charge is 0.467 e. The van der Waals surface area contributed by atoms with Crippen LogP contribution in [0.1, 0.15) is 0 Å². The van der Waals surface area contributed by atoms with Crippen LogP contribution in [0.4, 0.5) is 5.69 Å². The van der Waals surface area contributed by atoms with E-state index in [1.165, 1.54) is 44.7 Å². The normalized spacial score (nSPS) is 11.6. The Morgan fingerprint density at radius 3 is 2.47 bits per heavy atom. The molecular formula is C21H20N6O4S. The van der Waals surface area contributed by atoms with Gasteiger partial charge in [-0.25, -0.2) is 27.4 Å². The molecule has 4 rings (SSSR count). The average Bonchev–Trinajstić information content (AvgIpc) is 3.23. The van der Waals surface area contributed by atoms with Gasteiger partial charge in [0.1, 0.15) is 11.7 Å². The van der Waals surface area contributed by atoms with E-state index in [1.807, 2.05) is 30.3 Å². The van der Waals surface area contributed by atoms with Gasteiger partial charge in [-0.1, -0.05) is 18.2 Å². The van der Waals surface area contributed by atoms with Crippen molar-refractivity contribution in [3.05, 3.63) is 67.1 Å². The molecule has 0 aliphatic rings. The molecule has 1 N–H and O–H groups in total. The number of hydrogen-bond acceptors (Lipinski definition) is 7. The van der Waals surface area contributed by atoms with Crippen LogP contribution in [-0.2, 0) is 14.8 Å². The fourth-order valence-electron chi connectivity index (χ4n) is 2.95. The van der Waals surface area contributed by atoms with Gasteiger partial charge < -0.3 is 10.1 Å². The Labute approximate surface area is 184 Å². The summed E-state index contributed by atoms with van der Waals surface area (Å²) in [5, 5.41) is 7.58. The number of fused-ring (bicyclic) bond motifs is 1. The Kier molecular flexibility index (Phi) is 5.84. The number of aromatic nitrogens is 4. The quantitative estimate of drug-likeness (QED) is 0.456. The van der Waals surface area contributed by atoms with Crippen molar-refractivity contribution in [1.29, 1.82) is 0 Å². The number of rotatable bonds is 7. The number of anilines is 1. The van der Waals surface area contributed by atoms with Crippen molar-refractivity contribution < 1.29 is 17.9 Å². The molecule has 0 aliphatic carbocycles. The van der Waals surface area contributed by atoms with Crippen LogP contribution in [0, 0.1) is 0 Å². The predicted molar refractivity (Wildman–Crippen MR) is 118 cm³/mol. The molecule has 0 bridgehead atoms. The molecule has 0 saturated carbocycles. The number of nitrogens with one attached hydrogen (secondary N) is 1. The van der Waals surface area contributed by atoms with Gasteiger partial charge in [-0.2, -0.15) is 5.10 Å². The maximum atomic E-state index is 12.3. The number of sulfonamides is 1. The van der Waals surface area contributed by atoms with Crippen LogP contribution in [0.3, 0.4) is 0 Å². The predicted octanol–water partition coefficient (Wildman–Crippen LogP) is 2.08. The smallest absolute Gasteiger partial charge is 0.262 e. The van der Waals surface area contributed by atoms with Gasteiger partial charge in [0, 0.05) is 19.8 Å². The minimum absolute atomic E-state index is 0.135. The SMILES string of the molecule is CN(C)S(=O)(=O)c1ccc(NC(=O)COc2ncnc3c2cnn3-c2ccccc2)cc1. The molecule has 1 amide bonds. The second-order valence-electron chi connectivity index (χ2n) is 6.96. The highest BCUT2D eigenvalue weighted by molar-refractivity contribution is 7.89. The number of amides is 1. The molecule has 164 valence electrons. The fourth-order valence-corrected chi connectivity index (χ4v) is 3.85. The molecule has 0 spiro atoms. The average molecular weight is 452 g/mol. The molecule has 0 fully saturated rings. The lowest BCUT2D eigenvalue weighted by Crippen LogP contribution is -2.22. The highest BCUT2D eigenvalue weighted by Gasteiger charge is 2.17. The van der Waals surface area contributed by atoms with Gasteiger partial charge in [0.05, 0.1) is 16.8 Å². The van der Waals surface area contributed by atoms with E-state index in [-0.39, 0.29) is 17.4 Å². The van der Waals surface area contributed by atoms with Crippen molar-refractivity contribution in [1.82, 2.24) is 24.1 Å². The minimum Gasteiger partial charge on any atom is -0.467 e.